The van der Waals surface area contributed by atoms with E-state index in [-0.39, 0.29) is 5.82 Å². The Kier molecular flexibility index (Phi) is 4.83. The molecule has 0 atom stereocenters. The van der Waals surface area contributed by atoms with Gasteiger partial charge in [0.25, 0.3) is 0 Å². The van der Waals surface area contributed by atoms with E-state index in [1.807, 2.05) is 18.7 Å². The predicted molar refractivity (Wildman–Crippen MR) is 80.4 cm³/mol. The van der Waals surface area contributed by atoms with Gasteiger partial charge in [0.05, 0.1) is 5.69 Å². The van der Waals surface area contributed by atoms with Crippen molar-refractivity contribution in [3.05, 3.63) is 41.3 Å². The first-order chi connectivity index (χ1) is 9.47. The summed E-state index contributed by atoms with van der Waals surface area (Å²) >= 11 is 1.62. The molecule has 1 N–H and O–H groups in total. The molecule has 0 spiro atoms. The molecule has 0 unspecified atom stereocenters. The van der Waals surface area contributed by atoms with E-state index >= 15 is 0 Å². The third-order valence-electron chi connectivity index (χ3n) is 3.00. The number of aromatic nitrogens is 2. The van der Waals surface area contributed by atoms with Crippen LogP contribution in [-0.2, 0) is 13.6 Å². The number of nitrogens with zero attached hydrogens (tertiary/aromatic N) is 2. The van der Waals surface area contributed by atoms with Gasteiger partial charge in [-0.25, -0.2) is 4.39 Å². The van der Waals surface area contributed by atoms with Crippen molar-refractivity contribution in [2.75, 3.05) is 0 Å². The number of aryl methyl sites for hydroxylation is 2. The summed E-state index contributed by atoms with van der Waals surface area (Å²) < 4.78 is 14.9. The van der Waals surface area contributed by atoms with Crippen molar-refractivity contribution >= 4 is 11.8 Å². The Labute approximate surface area is 123 Å². The summed E-state index contributed by atoms with van der Waals surface area (Å²) in [5, 5.41) is 9.01. The maximum absolute atomic E-state index is 13.0. The fraction of sp³-hybridized carbons (Fsp3) is 0.400. The average Bonchev–Trinajstić information content (AvgIpc) is 2.64. The maximum atomic E-state index is 13.0. The van der Waals surface area contributed by atoms with Crippen LogP contribution in [0, 0.1) is 12.7 Å². The van der Waals surface area contributed by atoms with E-state index < -0.39 is 0 Å². The second kappa shape index (κ2) is 6.41. The first kappa shape index (κ1) is 15.1. The Balaban J connectivity index is 2.23. The lowest BCUT2D eigenvalue weighted by Gasteiger charge is -2.10. The zero-order valence-electron chi connectivity index (χ0n) is 12.3. The summed E-state index contributed by atoms with van der Waals surface area (Å²) in [7, 11) is 1.94. The number of hydrogen-bond acceptors (Lipinski definition) is 3. The first-order valence-electron chi connectivity index (χ1n) is 6.66. The lowest BCUT2D eigenvalue weighted by atomic mass is 10.2. The topological polar surface area (TPSA) is 29.9 Å². The Morgan fingerprint density at radius 2 is 1.95 bits per heavy atom. The Morgan fingerprint density at radius 3 is 2.55 bits per heavy atom. The van der Waals surface area contributed by atoms with E-state index in [4.69, 9.17) is 0 Å². The van der Waals surface area contributed by atoms with Crippen molar-refractivity contribution in [1.29, 1.82) is 0 Å². The molecule has 0 radical (unpaired) electrons. The monoisotopic (exact) mass is 293 g/mol. The Bertz CT molecular complexity index is 576. The Hall–Kier alpha value is -1.33. The van der Waals surface area contributed by atoms with Crippen LogP contribution < -0.4 is 5.32 Å². The van der Waals surface area contributed by atoms with Crippen molar-refractivity contribution < 1.29 is 4.39 Å². The molecule has 0 saturated heterocycles. The van der Waals surface area contributed by atoms with E-state index in [1.165, 1.54) is 17.7 Å². The van der Waals surface area contributed by atoms with Crippen LogP contribution in [0.25, 0.3) is 0 Å². The molecule has 2 aromatic rings. The summed E-state index contributed by atoms with van der Waals surface area (Å²) in [5.74, 6) is -0.211. The fourth-order valence-electron chi connectivity index (χ4n) is 1.93. The van der Waals surface area contributed by atoms with E-state index in [1.54, 1.807) is 23.9 Å². The molecule has 0 aliphatic rings. The minimum atomic E-state index is -0.211. The summed E-state index contributed by atoms with van der Waals surface area (Å²) in [6.45, 7) is 7.06. The molecule has 0 aliphatic carbocycles. The molecule has 1 aromatic heterocycles. The summed E-state index contributed by atoms with van der Waals surface area (Å²) in [5.41, 5.74) is 2.24. The van der Waals surface area contributed by atoms with Crippen LogP contribution in [0.15, 0.2) is 34.2 Å². The molecule has 0 fully saturated rings. The minimum Gasteiger partial charge on any atom is -0.310 e. The van der Waals surface area contributed by atoms with Crippen molar-refractivity contribution in [2.45, 2.75) is 43.3 Å². The zero-order chi connectivity index (χ0) is 14.7. The van der Waals surface area contributed by atoms with Crippen LogP contribution in [0.3, 0.4) is 0 Å². The van der Waals surface area contributed by atoms with Crippen molar-refractivity contribution in [1.82, 2.24) is 15.1 Å². The van der Waals surface area contributed by atoms with Crippen LogP contribution in [0.2, 0.25) is 0 Å². The van der Waals surface area contributed by atoms with Gasteiger partial charge in [0.15, 0.2) is 0 Å². The smallest absolute Gasteiger partial charge is 0.123 e. The van der Waals surface area contributed by atoms with E-state index in [9.17, 15) is 4.39 Å². The van der Waals surface area contributed by atoms with Gasteiger partial charge in [-0.05, 0) is 31.2 Å². The van der Waals surface area contributed by atoms with Gasteiger partial charge in [-0.1, -0.05) is 25.6 Å². The third kappa shape index (κ3) is 3.61. The van der Waals surface area contributed by atoms with Crippen LogP contribution in [0.1, 0.15) is 25.1 Å². The highest BCUT2D eigenvalue weighted by Gasteiger charge is 2.14. The van der Waals surface area contributed by atoms with Crippen molar-refractivity contribution in [3.63, 3.8) is 0 Å². The normalized spacial score (nSPS) is 11.3. The zero-order valence-corrected chi connectivity index (χ0v) is 13.1. The summed E-state index contributed by atoms with van der Waals surface area (Å²) in [4.78, 5) is 1.01. The molecule has 108 valence electrons. The van der Waals surface area contributed by atoms with Gasteiger partial charge < -0.3 is 5.32 Å². The molecular formula is C15H20FN3S. The second-order valence-electron chi connectivity index (χ2n) is 5.08. The first-order valence-corrected chi connectivity index (χ1v) is 7.48. The number of nitrogens with one attached hydrogen (secondary N) is 1. The molecule has 5 heteroatoms. The molecule has 0 bridgehead atoms. The van der Waals surface area contributed by atoms with E-state index in [2.05, 4.69) is 24.3 Å². The highest BCUT2D eigenvalue weighted by atomic mass is 32.2. The van der Waals surface area contributed by atoms with Gasteiger partial charge in [-0.2, -0.15) is 5.10 Å². The molecular weight excluding hydrogens is 273 g/mol. The summed E-state index contributed by atoms with van der Waals surface area (Å²) in [6.07, 6.45) is 0. The second-order valence-corrected chi connectivity index (χ2v) is 6.15. The lowest BCUT2D eigenvalue weighted by Crippen LogP contribution is -2.22. The molecule has 1 heterocycles. The molecule has 2 rings (SSSR count). The van der Waals surface area contributed by atoms with Crippen LogP contribution in [0.4, 0.5) is 4.39 Å². The van der Waals surface area contributed by atoms with E-state index in [0.29, 0.717) is 6.04 Å². The van der Waals surface area contributed by atoms with Gasteiger partial charge in [0.2, 0.25) is 0 Å². The van der Waals surface area contributed by atoms with Crippen LogP contribution in [-0.4, -0.2) is 15.8 Å². The third-order valence-corrected chi connectivity index (χ3v) is 4.22. The van der Waals surface area contributed by atoms with Crippen molar-refractivity contribution in [2.24, 2.45) is 7.05 Å². The van der Waals surface area contributed by atoms with Gasteiger partial charge >= 0.3 is 0 Å². The number of rotatable bonds is 5. The van der Waals surface area contributed by atoms with Gasteiger partial charge in [-0.15, -0.1) is 0 Å². The summed E-state index contributed by atoms with van der Waals surface area (Å²) in [6, 6.07) is 6.98. The average molecular weight is 293 g/mol. The Morgan fingerprint density at radius 1 is 1.30 bits per heavy atom. The van der Waals surface area contributed by atoms with Crippen LogP contribution >= 0.6 is 11.8 Å². The quantitative estimate of drug-likeness (QED) is 0.915. The molecule has 0 aliphatic heterocycles. The SMILES string of the molecule is Cc1nn(C)c(Sc2ccc(F)cc2)c1CNC(C)C. The standard InChI is InChI=1S/C15H20FN3S/c1-10(2)17-9-14-11(3)18-19(4)15(14)20-13-7-5-12(16)6-8-13/h5-8,10,17H,9H2,1-4H3. The van der Waals surface area contributed by atoms with Gasteiger partial charge in [0.1, 0.15) is 10.8 Å². The molecule has 3 nitrogen and oxygen atoms in total. The highest BCUT2D eigenvalue weighted by molar-refractivity contribution is 7.99. The number of benzene rings is 1. The molecule has 0 saturated carbocycles. The fourth-order valence-corrected chi connectivity index (χ4v) is 2.94. The maximum Gasteiger partial charge on any atom is 0.123 e. The van der Waals surface area contributed by atoms with Crippen molar-refractivity contribution in [3.8, 4) is 0 Å². The van der Waals surface area contributed by atoms with E-state index in [0.717, 1.165) is 22.2 Å². The van der Waals surface area contributed by atoms with Crippen LogP contribution in [0.5, 0.6) is 0 Å². The minimum absolute atomic E-state index is 0.211. The number of hydrogen-bond donors (Lipinski definition) is 1. The molecule has 1 aromatic carbocycles. The molecule has 20 heavy (non-hydrogen) atoms. The predicted octanol–water partition coefficient (Wildman–Crippen LogP) is 3.52. The van der Waals surface area contributed by atoms with Gasteiger partial charge in [0, 0.05) is 30.1 Å². The highest BCUT2D eigenvalue weighted by Crippen LogP contribution is 2.31. The number of halogens is 1. The largest absolute Gasteiger partial charge is 0.310 e. The lowest BCUT2D eigenvalue weighted by molar-refractivity contribution is 0.580. The molecule has 0 amide bonds. The van der Waals surface area contributed by atoms with Gasteiger partial charge in [-0.3, -0.25) is 4.68 Å².